The van der Waals surface area contributed by atoms with Crippen LogP contribution in [0.25, 0.3) is 0 Å². The number of nitroso groups, excluding NO2 is 1. The normalized spacial score (nSPS) is 28.4. The van der Waals surface area contributed by atoms with E-state index in [-0.39, 0.29) is 29.7 Å². The molecule has 5 rings (SSSR count). The number of aliphatic hydroxyl groups excluding tert-OH is 2. The monoisotopic (exact) mass is 569 g/mol. The molecule has 5 N–H and O–H groups in total. The van der Waals surface area contributed by atoms with Gasteiger partial charge >= 0.3 is 0 Å². The summed E-state index contributed by atoms with van der Waals surface area (Å²) in [4.78, 5) is 58.1. The number of likely N-dealkylation sites (N-methyl/N-ethyl adjacent to an activating group) is 1. The summed E-state index contributed by atoms with van der Waals surface area (Å²) < 4.78 is 5.42. The fourth-order valence-electron chi connectivity index (χ4n) is 7.03. The van der Waals surface area contributed by atoms with Crippen molar-refractivity contribution in [1.82, 2.24) is 9.80 Å². The van der Waals surface area contributed by atoms with Crippen LogP contribution in [0.2, 0.25) is 0 Å². The van der Waals surface area contributed by atoms with E-state index >= 15 is 0 Å². The molecule has 4 aliphatic rings. The summed E-state index contributed by atoms with van der Waals surface area (Å²) in [6, 6.07) is 0.789. The molecule has 13 heteroatoms. The van der Waals surface area contributed by atoms with E-state index in [4.69, 9.17) is 10.5 Å². The molecule has 4 atom stereocenters. The molecular formula is C28H35N5O8. The maximum Gasteiger partial charge on any atom is 0.255 e. The van der Waals surface area contributed by atoms with Gasteiger partial charge in [0.05, 0.1) is 24.8 Å². The van der Waals surface area contributed by atoms with Crippen LogP contribution in [-0.2, 0) is 27.3 Å². The first-order valence-electron chi connectivity index (χ1n) is 13.5. The third-order valence-electron chi connectivity index (χ3n) is 8.90. The molecule has 1 heterocycles. The Hall–Kier alpha value is -3.81. The number of anilines is 1. The Labute approximate surface area is 236 Å². The van der Waals surface area contributed by atoms with Gasteiger partial charge in [-0.15, -0.1) is 4.91 Å². The molecule has 1 fully saturated rings. The van der Waals surface area contributed by atoms with E-state index in [9.17, 15) is 34.6 Å². The zero-order valence-corrected chi connectivity index (χ0v) is 23.5. The van der Waals surface area contributed by atoms with Crippen molar-refractivity contribution in [2.75, 3.05) is 59.4 Å². The van der Waals surface area contributed by atoms with E-state index in [1.165, 1.54) is 4.90 Å². The van der Waals surface area contributed by atoms with Crippen molar-refractivity contribution in [2.24, 2.45) is 22.7 Å². The van der Waals surface area contributed by atoms with Crippen molar-refractivity contribution in [1.29, 1.82) is 0 Å². The minimum absolute atomic E-state index is 0.00214. The summed E-state index contributed by atoms with van der Waals surface area (Å²) in [5.74, 6) is -6.68. The van der Waals surface area contributed by atoms with Gasteiger partial charge in [-0.25, -0.2) is 0 Å². The number of carbonyl (C=O) groups excluding carboxylic acids is 3. The number of rotatable bonds is 6. The molecule has 0 unspecified atom stereocenters. The molecule has 1 aromatic carbocycles. The number of phenols is 1. The van der Waals surface area contributed by atoms with E-state index in [1.807, 2.05) is 25.1 Å². The van der Waals surface area contributed by atoms with Crippen LogP contribution in [0.5, 0.6) is 5.75 Å². The Morgan fingerprint density at radius 3 is 2.39 bits per heavy atom. The van der Waals surface area contributed by atoms with Crippen LogP contribution in [0.1, 0.15) is 27.9 Å². The van der Waals surface area contributed by atoms with Gasteiger partial charge in [-0.05, 0) is 49.7 Å². The maximum absolute atomic E-state index is 14.2. The van der Waals surface area contributed by atoms with E-state index in [0.29, 0.717) is 44.0 Å². The topological polar surface area (TPSA) is 186 Å². The van der Waals surface area contributed by atoms with Gasteiger partial charge < -0.3 is 30.7 Å². The number of allylic oxidation sites excluding steroid dienone is 1. The van der Waals surface area contributed by atoms with Crippen molar-refractivity contribution in [3.63, 3.8) is 0 Å². The number of carbonyl (C=O) groups is 3. The molecule has 1 aliphatic heterocycles. The third-order valence-corrected chi connectivity index (χ3v) is 8.90. The van der Waals surface area contributed by atoms with E-state index in [1.54, 1.807) is 14.1 Å². The van der Waals surface area contributed by atoms with Crippen LogP contribution in [0.3, 0.4) is 0 Å². The number of aromatic hydroxyl groups is 1. The van der Waals surface area contributed by atoms with Gasteiger partial charge in [-0.1, -0.05) is 0 Å². The summed E-state index contributed by atoms with van der Waals surface area (Å²) in [5.41, 5.74) is 3.66. The van der Waals surface area contributed by atoms with Crippen molar-refractivity contribution in [3.8, 4) is 5.75 Å². The van der Waals surface area contributed by atoms with E-state index < -0.39 is 58.0 Å². The second kappa shape index (κ2) is 10.2. The summed E-state index contributed by atoms with van der Waals surface area (Å²) in [6.07, 6.45) is 0.233. The third kappa shape index (κ3) is 4.13. The zero-order chi connectivity index (χ0) is 30.0. The molecule has 1 amide bonds. The first kappa shape index (κ1) is 28.7. The number of hydrogen-bond donors (Lipinski definition) is 4. The largest absolute Gasteiger partial charge is 0.510 e. The molecular weight excluding hydrogens is 534 g/mol. The maximum atomic E-state index is 14.2. The number of ketones is 2. The Morgan fingerprint density at radius 1 is 1.17 bits per heavy atom. The average Bonchev–Trinajstić information content (AvgIpc) is 2.90. The quantitative estimate of drug-likeness (QED) is 0.280. The Morgan fingerprint density at radius 2 is 1.83 bits per heavy atom. The molecule has 0 saturated carbocycles. The number of fused-ring (bicyclic) bond motifs is 3. The number of morpholine rings is 1. The van der Waals surface area contributed by atoms with E-state index in [2.05, 4.69) is 10.1 Å². The Balaban J connectivity index is 1.71. The zero-order valence-electron chi connectivity index (χ0n) is 23.5. The summed E-state index contributed by atoms with van der Waals surface area (Å²) in [7, 11) is 6.83. The number of benzene rings is 1. The molecule has 0 bridgehead atoms. The molecule has 41 heavy (non-hydrogen) atoms. The van der Waals surface area contributed by atoms with Crippen LogP contribution in [0.15, 0.2) is 33.9 Å². The lowest BCUT2D eigenvalue weighted by atomic mass is 9.57. The van der Waals surface area contributed by atoms with Gasteiger partial charge in [0.2, 0.25) is 11.3 Å². The molecule has 3 aliphatic carbocycles. The number of ether oxygens (including phenoxy) is 1. The lowest BCUT2D eigenvalue weighted by molar-refractivity contribution is -0.129. The molecule has 13 nitrogen and oxygen atoms in total. The fraction of sp³-hybridized carbons (Fsp3) is 0.536. The summed E-state index contributed by atoms with van der Waals surface area (Å²) >= 11 is 0. The van der Waals surface area contributed by atoms with Gasteiger partial charge in [-0.2, -0.15) is 0 Å². The number of Topliss-reactive ketones (excluding diaryl/α,β-unsaturated/α-hetero) is 2. The van der Waals surface area contributed by atoms with Gasteiger partial charge in [0, 0.05) is 56.5 Å². The van der Waals surface area contributed by atoms with Crippen molar-refractivity contribution in [3.05, 3.63) is 50.3 Å². The second-order valence-electron chi connectivity index (χ2n) is 11.6. The molecule has 1 saturated heterocycles. The minimum atomic E-state index is -2.55. The van der Waals surface area contributed by atoms with Crippen LogP contribution < -0.4 is 10.6 Å². The number of hydrogen-bond acceptors (Lipinski definition) is 12. The van der Waals surface area contributed by atoms with Crippen LogP contribution >= 0.6 is 0 Å². The molecule has 0 spiro atoms. The average molecular weight is 570 g/mol. The van der Waals surface area contributed by atoms with Crippen molar-refractivity contribution >= 4 is 23.2 Å². The lowest BCUT2D eigenvalue weighted by Crippen LogP contribution is -2.62. The highest BCUT2D eigenvalue weighted by Crippen LogP contribution is 2.54. The second-order valence-corrected chi connectivity index (χ2v) is 11.6. The molecule has 0 radical (unpaired) electrons. The van der Waals surface area contributed by atoms with Gasteiger partial charge in [0.15, 0.2) is 5.78 Å². The molecule has 220 valence electrons. The first-order chi connectivity index (χ1) is 19.4. The standard InChI is InChI=1S/C28H35N5O8/c1-31(2)17-11-14(12-33-5-7-41-8-6-33)22(34)19-15(17)9-13-10-16-21(32(3)4)24(36)20(27(29)39)26(38)28(16,30-40)25(37)18(13)23(19)35/h11,13,16,21,34,36-37H,5-10,12H2,1-4H3,(H2,29,39)/t13-,16-,21-,28-/m0/s1. The highest BCUT2D eigenvalue weighted by molar-refractivity contribution is 6.25. The number of nitrogens with zero attached hydrogens (tertiary/aromatic N) is 4. The predicted molar refractivity (Wildman–Crippen MR) is 148 cm³/mol. The predicted octanol–water partition coefficient (Wildman–Crippen LogP) is 0.793. The van der Waals surface area contributed by atoms with Crippen molar-refractivity contribution < 1.29 is 34.4 Å². The van der Waals surface area contributed by atoms with Crippen LogP contribution in [-0.4, -0.2) is 109 Å². The van der Waals surface area contributed by atoms with Crippen LogP contribution in [0, 0.1) is 16.7 Å². The summed E-state index contributed by atoms with van der Waals surface area (Å²) in [6.45, 7) is 2.77. The summed E-state index contributed by atoms with van der Waals surface area (Å²) in [5, 5.41) is 37.1. The van der Waals surface area contributed by atoms with Gasteiger partial charge in [-0.3, -0.25) is 24.2 Å². The number of nitrogens with two attached hydrogens (primary N) is 1. The number of aliphatic hydroxyl groups is 2. The van der Waals surface area contributed by atoms with Crippen LogP contribution in [0.4, 0.5) is 5.69 Å². The van der Waals surface area contributed by atoms with Crippen molar-refractivity contribution in [2.45, 2.75) is 31.0 Å². The number of phenolic OH excluding ortho intramolecular Hbond substituents is 1. The lowest BCUT2D eigenvalue weighted by Gasteiger charge is -2.49. The number of amides is 1. The van der Waals surface area contributed by atoms with E-state index in [0.717, 1.165) is 5.69 Å². The number of primary amides is 1. The minimum Gasteiger partial charge on any atom is -0.510 e. The molecule has 0 aromatic heterocycles. The highest BCUT2D eigenvalue weighted by Gasteiger charge is 2.65. The van der Waals surface area contributed by atoms with Gasteiger partial charge in [0.25, 0.3) is 5.91 Å². The molecule has 1 aromatic rings. The fourth-order valence-corrected chi connectivity index (χ4v) is 7.03. The first-order valence-corrected chi connectivity index (χ1v) is 13.5. The van der Waals surface area contributed by atoms with Gasteiger partial charge in [0.1, 0.15) is 22.8 Å². The highest BCUT2D eigenvalue weighted by atomic mass is 16.5. The Kier molecular flexibility index (Phi) is 7.16. The smallest absolute Gasteiger partial charge is 0.255 e. The SMILES string of the molecule is CN(C)c1cc(CN2CCOCC2)c(O)c2c1C[C@H]1C[C@H]3[C@H](N(C)C)C(O)=C(C(N)=O)C(=O)[C@@]3(N=O)C(O)=C1C2=O. The Bertz CT molecular complexity index is 1410.